The third-order valence-corrected chi connectivity index (χ3v) is 3.82. The van der Waals surface area contributed by atoms with Gasteiger partial charge in [0.25, 0.3) is 0 Å². The molecule has 1 unspecified atom stereocenters. The summed E-state index contributed by atoms with van der Waals surface area (Å²) in [6, 6.07) is 0.283. The summed E-state index contributed by atoms with van der Waals surface area (Å²) >= 11 is 0. The number of hydrogen-bond acceptors (Lipinski definition) is 4. The summed E-state index contributed by atoms with van der Waals surface area (Å²) in [6.07, 6.45) is 0.551. The molecule has 0 aromatic rings. The second-order valence-corrected chi connectivity index (χ2v) is 6.40. The molecule has 6 nitrogen and oxygen atoms in total. The third-order valence-electron chi connectivity index (χ3n) is 3.82. The highest BCUT2D eigenvalue weighted by molar-refractivity contribution is 5.71. The number of carbonyl (C=O) groups excluding carboxylic acids is 1. The standard InChI is InChI=1S/C13H22N2O4/c1-8-10-5-9(14(8)7-11(16)17)6-15(10)12(18)19-13(2,3)4/h8-10H,5-7H2,1-4H3,(H,16,17)/t8?,9-,10-/m1/s1. The number of nitrogens with zero attached hydrogens (tertiary/aromatic N) is 2. The molecule has 2 bridgehead atoms. The molecule has 6 heteroatoms. The Morgan fingerprint density at radius 2 is 2.00 bits per heavy atom. The van der Waals surface area contributed by atoms with Crippen molar-refractivity contribution in [1.82, 2.24) is 9.80 Å². The minimum Gasteiger partial charge on any atom is -0.480 e. The first-order valence-corrected chi connectivity index (χ1v) is 6.66. The first kappa shape index (κ1) is 14.1. The fourth-order valence-electron chi connectivity index (χ4n) is 3.05. The minimum absolute atomic E-state index is 0.0461. The predicted molar refractivity (Wildman–Crippen MR) is 68.9 cm³/mol. The zero-order valence-electron chi connectivity index (χ0n) is 11.9. The van der Waals surface area contributed by atoms with E-state index in [1.807, 2.05) is 32.6 Å². The highest BCUT2D eigenvalue weighted by Crippen LogP contribution is 2.36. The molecule has 2 aliphatic heterocycles. The maximum atomic E-state index is 12.1. The van der Waals surface area contributed by atoms with E-state index in [9.17, 15) is 9.59 Å². The molecule has 2 rings (SSSR count). The van der Waals surface area contributed by atoms with Crippen LogP contribution < -0.4 is 0 Å². The van der Waals surface area contributed by atoms with Crippen LogP contribution in [0, 0.1) is 0 Å². The monoisotopic (exact) mass is 270 g/mol. The smallest absolute Gasteiger partial charge is 0.410 e. The molecule has 108 valence electrons. The van der Waals surface area contributed by atoms with Gasteiger partial charge in [-0.3, -0.25) is 9.69 Å². The van der Waals surface area contributed by atoms with E-state index in [0.717, 1.165) is 6.42 Å². The molecule has 2 saturated heterocycles. The molecule has 0 aromatic carbocycles. The Bertz CT molecular complexity index is 389. The van der Waals surface area contributed by atoms with Gasteiger partial charge in [0.2, 0.25) is 0 Å². The maximum absolute atomic E-state index is 12.1. The van der Waals surface area contributed by atoms with Crippen molar-refractivity contribution in [2.75, 3.05) is 13.1 Å². The molecule has 2 heterocycles. The molecule has 0 aromatic heterocycles. The molecule has 2 aliphatic rings. The first-order chi connectivity index (χ1) is 8.69. The first-order valence-electron chi connectivity index (χ1n) is 6.66. The minimum atomic E-state index is -0.816. The summed E-state index contributed by atoms with van der Waals surface area (Å²) < 4.78 is 5.39. The van der Waals surface area contributed by atoms with Crippen LogP contribution in [0.1, 0.15) is 34.1 Å². The van der Waals surface area contributed by atoms with E-state index in [1.165, 1.54) is 0 Å². The van der Waals surface area contributed by atoms with E-state index in [2.05, 4.69) is 0 Å². The van der Waals surface area contributed by atoms with Crippen molar-refractivity contribution >= 4 is 12.1 Å². The van der Waals surface area contributed by atoms with Crippen molar-refractivity contribution in [1.29, 1.82) is 0 Å². The number of rotatable bonds is 2. The average Bonchev–Trinajstić information content (AvgIpc) is 2.76. The molecule has 1 amide bonds. The predicted octanol–water partition coefficient (Wildman–Crippen LogP) is 1.15. The topological polar surface area (TPSA) is 70.1 Å². The Labute approximate surface area is 113 Å². The van der Waals surface area contributed by atoms with Crippen molar-refractivity contribution < 1.29 is 19.4 Å². The summed E-state index contributed by atoms with van der Waals surface area (Å²) in [5.41, 5.74) is -0.497. The molecular formula is C13H22N2O4. The summed E-state index contributed by atoms with van der Waals surface area (Å²) in [5, 5.41) is 8.90. The maximum Gasteiger partial charge on any atom is 0.410 e. The second-order valence-electron chi connectivity index (χ2n) is 6.40. The van der Waals surface area contributed by atoms with Crippen LogP contribution in [0.15, 0.2) is 0 Å². The van der Waals surface area contributed by atoms with Gasteiger partial charge in [-0.05, 0) is 34.1 Å². The van der Waals surface area contributed by atoms with Crippen molar-refractivity contribution in [2.45, 2.75) is 57.8 Å². The zero-order chi connectivity index (χ0) is 14.4. The van der Waals surface area contributed by atoms with Gasteiger partial charge in [0.05, 0.1) is 12.6 Å². The van der Waals surface area contributed by atoms with Crippen LogP contribution in [-0.2, 0) is 9.53 Å². The second kappa shape index (κ2) is 4.67. The number of hydrogen-bond donors (Lipinski definition) is 1. The summed E-state index contributed by atoms with van der Waals surface area (Å²) in [4.78, 5) is 26.6. The zero-order valence-corrected chi connectivity index (χ0v) is 11.9. The Hall–Kier alpha value is -1.30. The quantitative estimate of drug-likeness (QED) is 0.815. The number of amides is 1. The number of ether oxygens (including phenoxy) is 1. The number of likely N-dealkylation sites (tertiary alicyclic amines) is 2. The molecule has 0 aliphatic carbocycles. The highest BCUT2D eigenvalue weighted by atomic mass is 16.6. The average molecular weight is 270 g/mol. The van der Waals surface area contributed by atoms with Gasteiger partial charge in [-0.2, -0.15) is 0 Å². The van der Waals surface area contributed by atoms with Gasteiger partial charge in [0.1, 0.15) is 5.60 Å². The van der Waals surface area contributed by atoms with Crippen LogP contribution in [0.3, 0.4) is 0 Å². The molecule has 3 atom stereocenters. The Balaban J connectivity index is 2.00. The fraction of sp³-hybridized carbons (Fsp3) is 0.846. The van der Waals surface area contributed by atoms with Crippen LogP contribution in [0.2, 0.25) is 0 Å². The van der Waals surface area contributed by atoms with E-state index < -0.39 is 11.6 Å². The number of carboxylic acids is 1. The van der Waals surface area contributed by atoms with Crippen LogP contribution in [-0.4, -0.2) is 63.8 Å². The summed E-state index contributed by atoms with van der Waals surface area (Å²) in [7, 11) is 0. The van der Waals surface area contributed by atoms with Gasteiger partial charge in [0.15, 0.2) is 0 Å². The highest BCUT2D eigenvalue weighted by Gasteiger charge is 2.51. The molecule has 0 spiro atoms. The normalized spacial score (nSPS) is 30.7. The lowest BCUT2D eigenvalue weighted by Crippen LogP contribution is -2.55. The van der Waals surface area contributed by atoms with Crippen molar-refractivity contribution in [3.8, 4) is 0 Å². The number of carbonyl (C=O) groups is 2. The van der Waals surface area contributed by atoms with Crippen molar-refractivity contribution in [3.05, 3.63) is 0 Å². The molecule has 19 heavy (non-hydrogen) atoms. The Morgan fingerprint density at radius 3 is 2.47 bits per heavy atom. The van der Waals surface area contributed by atoms with E-state index in [-0.39, 0.29) is 30.8 Å². The van der Waals surface area contributed by atoms with Gasteiger partial charge in [-0.15, -0.1) is 0 Å². The van der Waals surface area contributed by atoms with E-state index in [0.29, 0.717) is 6.54 Å². The van der Waals surface area contributed by atoms with E-state index >= 15 is 0 Å². The van der Waals surface area contributed by atoms with E-state index in [1.54, 1.807) is 4.90 Å². The molecule has 2 fully saturated rings. The third kappa shape index (κ3) is 2.83. The van der Waals surface area contributed by atoms with Crippen molar-refractivity contribution in [3.63, 3.8) is 0 Å². The van der Waals surface area contributed by atoms with Crippen LogP contribution in [0.25, 0.3) is 0 Å². The number of carboxylic acid groups (broad SMARTS) is 1. The van der Waals surface area contributed by atoms with Gasteiger partial charge in [0, 0.05) is 18.6 Å². The van der Waals surface area contributed by atoms with Gasteiger partial charge >= 0.3 is 12.1 Å². The van der Waals surface area contributed by atoms with Crippen LogP contribution in [0.4, 0.5) is 4.79 Å². The van der Waals surface area contributed by atoms with Crippen molar-refractivity contribution in [2.24, 2.45) is 0 Å². The van der Waals surface area contributed by atoms with Crippen LogP contribution in [0.5, 0.6) is 0 Å². The summed E-state index contributed by atoms with van der Waals surface area (Å²) in [6.45, 7) is 8.13. The molecule has 0 radical (unpaired) electrons. The largest absolute Gasteiger partial charge is 0.480 e. The number of aliphatic carboxylic acids is 1. The lowest BCUT2D eigenvalue weighted by molar-refractivity contribution is -0.139. The molecule has 0 saturated carbocycles. The number of piperazine rings is 1. The lowest BCUT2D eigenvalue weighted by Gasteiger charge is -2.38. The number of fused-ring (bicyclic) bond motifs is 2. The van der Waals surface area contributed by atoms with E-state index in [4.69, 9.17) is 9.84 Å². The summed E-state index contributed by atoms with van der Waals surface area (Å²) in [5.74, 6) is -0.816. The molecule has 1 N–H and O–H groups in total. The SMILES string of the molecule is CC1[C@H]2C[C@H](CN2C(=O)OC(C)(C)C)N1CC(=O)O. The fourth-order valence-corrected chi connectivity index (χ4v) is 3.05. The Morgan fingerprint density at radius 1 is 1.37 bits per heavy atom. The van der Waals surface area contributed by atoms with Gasteiger partial charge in [-0.25, -0.2) is 4.79 Å². The van der Waals surface area contributed by atoms with Gasteiger partial charge in [-0.1, -0.05) is 0 Å². The van der Waals surface area contributed by atoms with Crippen LogP contribution >= 0.6 is 0 Å². The lowest BCUT2D eigenvalue weighted by atomic mass is 10.1. The molecular weight excluding hydrogens is 248 g/mol. The Kier molecular flexibility index (Phi) is 3.47. The van der Waals surface area contributed by atoms with Gasteiger partial charge < -0.3 is 14.7 Å².